The van der Waals surface area contributed by atoms with Crippen LogP contribution in [0.5, 0.6) is 5.75 Å². The van der Waals surface area contributed by atoms with E-state index in [1.165, 1.54) is 35.3 Å². The van der Waals surface area contributed by atoms with E-state index >= 15 is 0 Å². The number of ether oxygens (including phenoxy) is 2. The molecular formula is C17H13F3N4O3. The summed E-state index contributed by atoms with van der Waals surface area (Å²) < 4.78 is 46.5. The van der Waals surface area contributed by atoms with Gasteiger partial charge < -0.3 is 15.2 Å². The van der Waals surface area contributed by atoms with Gasteiger partial charge in [0, 0.05) is 5.56 Å². The molecule has 0 fully saturated rings. The van der Waals surface area contributed by atoms with Crippen molar-refractivity contribution in [2.45, 2.75) is 13.0 Å². The van der Waals surface area contributed by atoms with E-state index in [2.05, 4.69) is 14.8 Å². The largest absolute Gasteiger partial charge is 0.573 e. The lowest BCUT2D eigenvalue weighted by atomic mass is 10.1. The first-order valence-electron chi connectivity index (χ1n) is 7.59. The van der Waals surface area contributed by atoms with Crippen LogP contribution in [0.25, 0.3) is 17.1 Å². The molecule has 2 N–H and O–H groups in total. The van der Waals surface area contributed by atoms with Gasteiger partial charge in [-0.1, -0.05) is 24.3 Å². The first-order valence-corrected chi connectivity index (χ1v) is 7.59. The second kappa shape index (κ2) is 7.36. The van der Waals surface area contributed by atoms with Crippen molar-refractivity contribution in [3.05, 3.63) is 60.4 Å². The van der Waals surface area contributed by atoms with Crippen LogP contribution in [-0.4, -0.2) is 27.2 Å². The summed E-state index contributed by atoms with van der Waals surface area (Å²) >= 11 is 0. The Labute approximate surface area is 151 Å². The lowest BCUT2D eigenvalue weighted by Gasteiger charge is -2.09. The van der Waals surface area contributed by atoms with E-state index in [1.54, 1.807) is 24.3 Å². The summed E-state index contributed by atoms with van der Waals surface area (Å²) in [5.41, 5.74) is 6.90. The molecule has 0 atom stereocenters. The van der Waals surface area contributed by atoms with Crippen LogP contribution >= 0.6 is 0 Å². The fourth-order valence-corrected chi connectivity index (χ4v) is 2.22. The zero-order chi connectivity index (χ0) is 19.4. The second-order valence-electron chi connectivity index (χ2n) is 5.36. The highest BCUT2D eigenvalue weighted by atomic mass is 19.4. The Kier molecular flexibility index (Phi) is 4.97. The van der Waals surface area contributed by atoms with E-state index in [0.717, 1.165) is 5.56 Å². The molecule has 27 heavy (non-hydrogen) atoms. The van der Waals surface area contributed by atoms with E-state index < -0.39 is 12.5 Å². The molecule has 3 aromatic rings. The third-order valence-electron chi connectivity index (χ3n) is 3.42. The molecule has 10 heteroatoms. The van der Waals surface area contributed by atoms with Gasteiger partial charge in [-0.3, -0.25) is 0 Å². The number of halogens is 3. The molecule has 3 rings (SSSR count). The summed E-state index contributed by atoms with van der Waals surface area (Å²) in [7, 11) is 0. The molecule has 0 bridgehead atoms. The van der Waals surface area contributed by atoms with Gasteiger partial charge in [-0.2, -0.15) is 0 Å². The minimum Gasteiger partial charge on any atom is -0.445 e. The van der Waals surface area contributed by atoms with Gasteiger partial charge in [-0.15, -0.1) is 18.3 Å². The molecule has 7 nitrogen and oxygen atoms in total. The highest BCUT2D eigenvalue weighted by molar-refractivity contribution is 5.64. The number of rotatable bonds is 5. The molecule has 1 heterocycles. The van der Waals surface area contributed by atoms with Crippen LogP contribution in [0, 0.1) is 0 Å². The lowest BCUT2D eigenvalue weighted by Crippen LogP contribution is -2.17. The van der Waals surface area contributed by atoms with Crippen LogP contribution in [0.1, 0.15) is 5.56 Å². The third-order valence-corrected chi connectivity index (χ3v) is 3.42. The fourth-order valence-electron chi connectivity index (χ4n) is 2.22. The number of nitrogens with two attached hydrogens (primary N) is 1. The number of aromatic nitrogens is 3. The smallest absolute Gasteiger partial charge is 0.445 e. The molecule has 0 saturated heterocycles. The Morgan fingerprint density at radius 1 is 1.07 bits per heavy atom. The van der Waals surface area contributed by atoms with Crippen molar-refractivity contribution in [2.24, 2.45) is 5.73 Å². The second-order valence-corrected chi connectivity index (χ2v) is 5.36. The first kappa shape index (κ1) is 18.2. The van der Waals surface area contributed by atoms with Gasteiger partial charge in [0.05, 0.1) is 5.69 Å². The summed E-state index contributed by atoms with van der Waals surface area (Å²) in [5.74, 6) is 0.105. The summed E-state index contributed by atoms with van der Waals surface area (Å²) in [6, 6.07) is 12.2. The van der Waals surface area contributed by atoms with E-state index in [1.807, 2.05) is 0 Å². The number of amides is 1. The van der Waals surface area contributed by atoms with Crippen LogP contribution < -0.4 is 10.5 Å². The summed E-state index contributed by atoms with van der Waals surface area (Å²) in [5, 5.41) is 4.30. The Balaban J connectivity index is 1.72. The van der Waals surface area contributed by atoms with Gasteiger partial charge >= 0.3 is 12.5 Å². The number of primary amides is 1. The molecule has 2 aromatic carbocycles. The molecule has 1 aromatic heterocycles. The Morgan fingerprint density at radius 2 is 1.74 bits per heavy atom. The molecule has 0 aliphatic carbocycles. The standard InChI is InChI=1S/C17H13F3N4O3/c18-17(19,20)27-14-7-5-13(6-8-14)24-10-22-15(23-24)12-3-1-11(2-4-12)9-26-16(21)25/h1-8,10H,9H2,(H2,21,25). The molecule has 0 unspecified atom stereocenters. The predicted octanol–water partition coefficient (Wildman–Crippen LogP) is 3.43. The Hall–Kier alpha value is -3.56. The molecule has 0 saturated carbocycles. The molecule has 140 valence electrons. The maximum absolute atomic E-state index is 12.2. The normalized spacial score (nSPS) is 11.2. The van der Waals surface area contributed by atoms with E-state index in [9.17, 15) is 18.0 Å². The van der Waals surface area contributed by atoms with E-state index in [4.69, 9.17) is 10.5 Å². The Morgan fingerprint density at radius 3 is 2.33 bits per heavy atom. The molecular weight excluding hydrogens is 365 g/mol. The minimum absolute atomic E-state index is 0.0594. The van der Waals surface area contributed by atoms with Crippen molar-refractivity contribution < 1.29 is 27.4 Å². The summed E-state index contributed by atoms with van der Waals surface area (Å²) in [6.07, 6.45) is -4.15. The average molecular weight is 378 g/mol. The SMILES string of the molecule is NC(=O)OCc1ccc(-c2ncn(-c3ccc(OC(F)(F)F)cc3)n2)cc1. The van der Waals surface area contributed by atoms with Crippen LogP contribution in [0.4, 0.5) is 18.0 Å². The number of alkyl halides is 3. The number of nitrogens with zero attached hydrogens (tertiary/aromatic N) is 3. The highest BCUT2D eigenvalue weighted by Crippen LogP contribution is 2.24. The molecule has 0 radical (unpaired) electrons. The van der Waals surface area contributed by atoms with Crippen molar-refractivity contribution in [1.29, 1.82) is 0 Å². The maximum Gasteiger partial charge on any atom is 0.573 e. The van der Waals surface area contributed by atoms with E-state index in [0.29, 0.717) is 17.1 Å². The number of hydrogen-bond acceptors (Lipinski definition) is 5. The zero-order valence-electron chi connectivity index (χ0n) is 13.7. The maximum atomic E-state index is 12.2. The number of carbonyl (C=O) groups excluding carboxylic acids is 1. The predicted molar refractivity (Wildman–Crippen MR) is 87.9 cm³/mol. The van der Waals surface area contributed by atoms with Crippen LogP contribution in [0.15, 0.2) is 54.9 Å². The first-order chi connectivity index (χ1) is 12.8. The third kappa shape index (κ3) is 4.97. The van der Waals surface area contributed by atoms with Crippen LogP contribution in [-0.2, 0) is 11.3 Å². The van der Waals surface area contributed by atoms with Gasteiger partial charge in [-0.25, -0.2) is 14.5 Å². The number of hydrogen-bond donors (Lipinski definition) is 1. The van der Waals surface area contributed by atoms with E-state index in [-0.39, 0.29) is 12.4 Å². The van der Waals surface area contributed by atoms with Crippen molar-refractivity contribution in [3.63, 3.8) is 0 Å². The molecule has 0 aliphatic rings. The van der Waals surface area contributed by atoms with Crippen LogP contribution in [0.2, 0.25) is 0 Å². The van der Waals surface area contributed by atoms with Crippen molar-refractivity contribution >= 4 is 6.09 Å². The highest BCUT2D eigenvalue weighted by Gasteiger charge is 2.30. The van der Waals surface area contributed by atoms with Gasteiger partial charge in [-0.05, 0) is 29.8 Å². The fraction of sp³-hybridized carbons (Fsp3) is 0.118. The molecule has 1 amide bonds. The number of carbonyl (C=O) groups is 1. The van der Waals surface area contributed by atoms with Crippen molar-refractivity contribution in [2.75, 3.05) is 0 Å². The monoisotopic (exact) mass is 378 g/mol. The van der Waals surface area contributed by atoms with Crippen molar-refractivity contribution in [1.82, 2.24) is 14.8 Å². The molecule has 0 spiro atoms. The average Bonchev–Trinajstić information content (AvgIpc) is 3.10. The van der Waals surface area contributed by atoms with Gasteiger partial charge in [0.2, 0.25) is 0 Å². The summed E-state index contributed by atoms with van der Waals surface area (Å²) in [6.45, 7) is 0.0594. The van der Waals surface area contributed by atoms with Gasteiger partial charge in [0.1, 0.15) is 18.7 Å². The van der Waals surface area contributed by atoms with Crippen LogP contribution in [0.3, 0.4) is 0 Å². The topological polar surface area (TPSA) is 92.3 Å². The lowest BCUT2D eigenvalue weighted by molar-refractivity contribution is -0.274. The molecule has 0 aliphatic heterocycles. The van der Waals surface area contributed by atoms with Crippen molar-refractivity contribution in [3.8, 4) is 22.8 Å². The minimum atomic E-state index is -4.74. The Bertz CT molecular complexity index is 922. The summed E-state index contributed by atoms with van der Waals surface area (Å²) in [4.78, 5) is 14.8. The zero-order valence-corrected chi connectivity index (χ0v) is 13.7. The quantitative estimate of drug-likeness (QED) is 0.734. The van der Waals surface area contributed by atoms with Gasteiger partial charge in [0.15, 0.2) is 5.82 Å². The van der Waals surface area contributed by atoms with Gasteiger partial charge in [0.25, 0.3) is 0 Å². The number of benzene rings is 2.